The van der Waals surface area contributed by atoms with Gasteiger partial charge in [0.1, 0.15) is 0 Å². The minimum Gasteiger partial charge on any atom is -0.313 e. The van der Waals surface area contributed by atoms with Crippen molar-refractivity contribution < 1.29 is 9.59 Å². The van der Waals surface area contributed by atoms with Crippen LogP contribution < -0.4 is 5.32 Å². The van der Waals surface area contributed by atoms with Crippen molar-refractivity contribution in [3.63, 3.8) is 0 Å². The fourth-order valence-electron chi connectivity index (χ4n) is 2.43. The molecule has 2 heterocycles. The van der Waals surface area contributed by atoms with E-state index in [9.17, 15) is 9.59 Å². The number of amides is 2. The molecule has 20 heavy (non-hydrogen) atoms. The first-order valence-electron chi connectivity index (χ1n) is 6.21. The van der Waals surface area contributed by atoms with E-state index >= 15 is 0 Å². The van der Waals surface area contributed by atoms with Crippen LogP contribution in [-0.4, -0.2) is 36.3 Å². The van der Waals surface area contributed by atoms with Crippen LogP contribution in [0, 0.1) is 0 Å². The molecule has 3 rings (SSSR count). The Kier molecular flexibility index (Phi) is 4.48. The van der Waals surface area contributed by atoms with Crippen LogP contribution in [0.3, 0.4) is 0 Å². The SMILES string of the molecule is Cl.O=C1c2ccccc2C(=O)N1C/C(Cl)=C1/CCNC1. The first kappa shape index (κ1) is 15.0. The number of imide groups is 1. The van der Waals surface area contributed by atoms with Crippen LogP contribution in [-0.2, 0) is 0 Å². The van der Waals surface area contributed by atoms with Crippen LogP contribution in [0.4, 0.5) is 0 Å². The van der Waals surface area contributed by atoms with Gasteiger partial charge in [0.25, 0.3) is 11.8 Å². The zero-order chi connectivity index (χ0) is 13.4. The van der Waals surface area contributed by atoms with Gasteiger partial charge in [0.05, 0.1) is 17.7 Å². The lowest BCUT2D eigenvalue weighted by Gasteiger charge is -2.14. The van der Waals surface area contributed by atoms with Gasteiger partial charge in [0.15, 0.2) is 0 Å². The van der Waals surface area contributed by atoms with Crippen LogP contribution in [0.15, 0.2) is 34.9 Å². The Hall–Kier alpha value is -1.36. The Labute approximate surface area is 128 Å². The van der Waals surface area contributed by atoms with Gasteiger partial charge in [0.2, 0.25) is 0 Å². The Bertz CT molecular complexity index is 556. The van der Waals surface area contributed by atoms with Gasteiger partial charge in [-0.05, 0) is 30.7 Å². The zero-order valence-electron chi connectivity index (χ0n) is 10.7. The predicted octanol–water partition coefficient (Wildman–Crippen LogP) is 2.19. The summed E-state index contributed by atoms with van der Waals surface area (Å²) in [5.74, 6) is -0.518. The Morgan fingerprint density at radius 1 is 1.20 bits per heavy atom. The lowest BCUT2D eigenvalue weighted by molar-refractivity contribution is 0.0670. The van der Waals surface area contributed by atoms with Crippen molar-refractivity contribution in [3.8, 4) is 0 Å². The first-order chi connectivity index (χ1) is 9.18. The fourth-order valence-corrected chi connectivity index (χ4v) is 2.71. The highest BCUT2D eigenvalue weighted by Gasteiger charge is 2.35. The maximum atomic E-state index is 12.2. The zero-order valence-corrected chi connectivity index (χ0v) is 12.3. The summed E-state index contributed by atoms with van der Waals surface area (Å²) in [7, 11) is 0. The number of rotatable bonds is 2. The highest BCUT2D eigenvalue weighted by Crippen LogP contribution is 2.25. The van der Waals surface area contributed by atoms with E-state index in [-0.39, 0.29) is 30.8 Å². The number of nitrogens with one attached hydrogen (secondary N) is 1. The third kappa shape index (κ3) is 2.46. The van der Waals surface area contributed by atoms with Gasteiger partial charge in [-0.3, -0.25) is 14.5 Å². The van der Waals surface area contributed by atoms with Crippen molar-refractivity contribution in [2.24, 2.45) is 0 Å². The average molecular weight is 313 g/mol. The van der Waals surface area contributed by atoms with E-state index in [1.165, 1.54) is 4.90 Å². The monoisotopic (exact) mass is 312 g/mol. The summed E-state index contributed by atoms with van der Waals surface area (Å²) in [6.07, 6.45) is 0.877. The summed E-state index contributed by atoms with van der Waals surface area (Å²) in [5, 5.41) is 3.78. The molecule has 6 heteroatoms. The normalized spacial score (nSPS) is 19.9. The molecular weight excluding hydrogens is 299 g/mol. The van der Waals surface area contributed by atoms with Crippen LogP contribution in [0.5, 0.6) is 0 Å². The minimum atomic E-state index is -0.259. The van der Waals surface area contributed by atoms with Crippen molar-refractivity contribution in [2.75, 3.05) is 19.6 Å². The Balaban J connectivity index is 0.00000147. The largest absolute Gasteiger partial charge is 0.313 e. The molecule has 0 aliphatic carbocycles. The maximum Gasteiger partial charge on any atom is 0.261 e. The number of carbonyl (C=O) groups is 2. The van der Waals surface area contributed by atoms with E-state index in [0.717, 1.165) is 25.1 Å². The second-order valence-electron chi connectivity index (χ2n) is 4.68. The molecule has 0 saturated carbocycles. The van der Waals surface area contributed by atoms with Gasteiger partial charge in [-0.25, -0.2) is 0 Å². The number of nitrogens with zero attached hydrogens (tertiary/aromatic N) is 1. The third-order valence-corrected chi connectivity index (χ3v) is 3.89. The average Bonchev–Trinajstić information content (AvgIpc) is 3.03. The van der Waals surface area contributed by atoms with Gasteiger partial charge in [-0.2, -0.15) is 0 Å². The summed E-state index contributed by atoms with van der Waals surface area (Å²) in [6, 6.07) is 6.87. The summed E-state index contributed by atoms with van der Waals surface area (Å²) in [5.41, 5.74) is 2.01. The second kappa shape index (κ2) is 5.95. The molecular formula is C14H14Cl2N2O2. The van der Waals surface area contributed by atoms with E-state index in [2.05, 4.69) is 5.32 Å². The molecule has 4 nitrogen and oxygen atoms in total. The number of carbonyl (C=O) groups excluding carboxylic acids is 2. The number of hydrogen-bond donors (Lipinski definition) is 1. The predicted molar refractivity (Wildman–Crippen MR) is 79.4 cm³/mol. The highest BCUT2D eigenvalue weighted by molar-refractivity contribution is 6.31. The molecule has 0 unspecified atom stereocenters. The molecule has 1 N–H and O–H groups in total. The van der Waals surface area contributed by atoms with Crippen LogP contribution in [0.2, 0.25) is 0 Å². The van der Waals surface area contributed by atoms with E-state index in [4.69, 9.17) is 11.6 Å². The molecule has 0 radical (unpaired) electrons. The smallest absolute Gasteiger partial charge is 0.261 e. The Morgan fingerprint density at radius 2 is 1.80 bits per heavy atom. The molecule has 1 fully saturated rings. The first-order valence-corrected chi connectivity index (χ1v) is 6.58. The van der Waals surface area contributed by atoms with Gasteiger partial charge in [-0.1, -0.05) is 23.7 Å². The van der Waals surface area contributed by atoms with Crippen molar-refractivity contribution in [2.45, 2.75) is 6.42 Å². The second-order valence-corrected chi connectivity index (χ2v) is 5.13. The third-order valence-electron chi connectivity index (χ3n) is 3.50. The number of benzene rings is 1. The topological polar surface area (TPSA) is 49.4 Å². The lowest BCUT2D eigenvalue weighted by atomic mass is 10.1. The van der Waals surface area contributed by atoms with Crippen LogP contribution >= 0.6 is 24.0 Å². The Morgan fingerprint density at radius 3 is 2.30 bits per heavy atom. The van der Waals surface area contributed by atoms with Crippen molar-refractivity contribution in [1.29, 1.82) is 0 Å². The van der Waals surface area contributed by atoms with Gasteiger partial charge < -0.3 is 5.32 Å². The van der Waals surface area contributed by atoms with Crippen LogP contribution in [0.25, 0.3) is 0 Å². The molecule has 2 aliphatic rings. The van der Waals surface area contributed by atoms with E-state index < -0.39 is 0 Å². The quantitative estimate of drug-likeness (QED) is 0.852. The fraction of sp³-hybridized carbons (Fsp3) is 0.286. The van der Waals surface area contributed by atoms with Gasteiger partial charge in [-0.15, -0.1) is 12.4 Å². The molecule has 0 spiro atoms. The summed E-state index contributed by atoms with van der Waals surface area (Å²) < 4.78 is 0. The molecule has 1 aromatic carbocycles. The van der Waals surface area contributed by atoms with Crippen molar-refractivity contribution in [1.82, 2.24) is 10.2 Å². The summed E-state index contributed by atoms with van der Waals surface area (Å²) in [6.45, 7) is 1.81. The van der Waals surface area contributed by atoms with Crippen molar-refractivity contribution in [3.05, 3.63) is 46.0 Å². The summed E-state index contributed by atoms with van der Waals surface area (Å²) in [4.78, 5) is 25.6. The lowest BCUT2D eigenvalue weighted by Crippen LogP contribution is -2.31. The molecule has 106 valence electrons. The standard InChI is InChI=1S/C14H13ClN2O2.ClH/c15-12(9-5-6-16-7-9)8-17-13(18)10-3-1-2-4-11(10)14(17)19;/h1-4,16H,5-8H2;1H/b12-9+;. The molecule has 2 aliphatic heterocycles. The van der Waals surface area contributed by atoms with Gasteiger partial charge in [0, 0.05) is 11.6 Å². The van der Waals surface area contributed by atoms with E-state index in [1.54, 1.807) is 24.3 Å². The molecule has 0 bridgehead atoms. The number of halogens is 2. The molecule has 0 aromatic heterocycles. The van der Waals surface area contributed by atoms with E-state index in [1.807, 2.05) is 0 Å². The molecule has 1 aromatic rings. The van der Waals surface area contributed by atoms with E-state index in [0.29, 0.717) is 16.2 Å². The minimum absolute atomic E-state index is 0. The van der Waals surface area contributed by atoms with Crippen LogP contribution in [0.1, 0.15) is 27.1 Å². The van der Waals surface area contributed by atoms with Crippen molar-refractivity contribution >= 4 is 35.8 Å². The molecule has 1 saturated heterocycles. The maximum absolute atomic E-state index is 12.2. The number of hydrogen-bond acceptors (Lipinski definition) is 3. The number of fused-ring (bicyclic) bond motifs is 1. The molecule has 0 atom stereocenters. The summed E-state index contributed by atoms with van der Waals surface area (Å²) >= 11 is 6.23. The molecule has 2 amide bonds. The van der Waals surface area contributed by atoms with Gasteiger partial charge >= 0.3 is 0 Å². The highest BCUT2D eigenvalue weighted by atomic mass is 35.5.